The number of aromatic nitrogens is 3. The lowest BCUT2D eigenvalue weighted by atomic mass is 9.93. The molecule has 72 heavy (non-hydrogen) atoms. The Morgan fingerprint density at radius 1 is 0.306 bits per heavy atom. The number of rotatable bonds is 11. The van der Waals surface area contributed by atoms with Crippen molar-refractivity contribution in [2.24, 2.45) is 0 Å². The summed E-state index contributed by atoms with van der Waals surface area (Å²) in [4.78, 5) is 21.1. The zero-order chi connectivity index (χ0) is 49.3. The van der Waals surface area contributed by atoms with Gasteiger partial charge in [-0.1, -0.05) is 187 Å². The molecular formula is C67H55N5. The van der Waals surface area contributed by atoms with Gasteiger partial charge in [-0.2, -0.15) is 9.97 Å². The molecule has 1 heterocycles. The Balaban J connectivity index is 1.19. The molecule has 0 amide bonds. The highest BCUT2D eigenvalue weighted by Crippen LogP contribution is 2.46. The van der Waals surface area contributed by atoms with Crippen LogP contribution >= 0.6 is 0 Å². The summed E-state index contributed by atoms with van der Waals surface area (Å²) in [6.07, 6.45) is 0. The summed E-state index contributed by atoms with van der Waals surface area (Å²) in [6, 6.07) is 79.8. The molecular weight excluding hydrogens is 875 g/mol. The molecule has 0 aliphatic heterocycles. The van der Waals surface area contributed by atoms with Crippen LogP contribution in [-0.2, 0) is 0 Å². The van der Waals surface area contributed by atoms with Crippen molar-refractivity contribution in [1.82, 2.24) is 15.0 Å². The van der Waals surface area contributed by atoms with Gasteiger partial charge in [-0.15, -0.1) is 0 Å². The Hall–Kier alpha value is -8.93. The maximum absolute atomic E-state index is 5.59. The summed E-state index contributed by atoms with van der Waals surface area (Å²) in [6.45, 7) is 13.2. The zero-order valence-electron chi connectivity index (χ0n) is 41.6. The second kappa shape index (κ2) is 19.5. The van der Waals surface area contributed by atoms with Crippen molar-refractivity contribution in [3.63, 3.8) is 0 Å². The van der Waals surface area contributed by atoms with Crippen molar-refractivity contribution in [3.8, 4) is 56.2 Å². The minimum Gasteiger partial charge on any atom is -0.309 e. The summed E-state index contributed by atoms with van der Waals surface area (Å²) >= 11 is 0. The highest BCUT2D eigenvalue weighted by atomic mass is 15.3. The van der Waals surface area contributed by atoms with Crippen LogP contribution in [0, 0.1) is 41.5 Å². The number of hydrogen-bond donors (Lipinski definition) is 0. The molecule has 0 saturated heterocycles. The summed E-state index contributed by atoms with van der Waals surface area (Å²) < 4.78 is 0. The van der Waals surface area contributed by atoms with Crippen LogP contribution < -0.4 is 9.80 Å². The molecule has 0 aliphatic carbocycles. The van der Waals surface area contributed by atoms with Crippen molar-refractivity contribution in [2.45, 2.75) is 41.5 Å². The van der Waals surface area contributed by atoms with Crippen molar-refractivity contribution < 1.29 is 0 Å². The van der Waals surface area contributed by atoms with Gasteiger partial charge in [-0.25, -0.2) is 4.98 Å². The summed E-state index contributed by atoms with van der Waals surface area (Å²) in [7, 11) is 0. The fraction of sp³-hybridized carbons (Fsp3) is 0.0896. The Morgan fingerprint density at radius 3 is 1.25 bits per heavy atom. The van der Waals surface area contributed by atoms with Gasteiger partial charge in [0.15, 0.2) is 11.6 Å². The van der Waals surface area contributed by atoms with E-state index in [1.54, 1.807) is 0 Å². The first-order valence-corrected chi connectivity index (χ1v) is 24.7. The van der Waals surface area contributed by atoms with Crippen LogP contribution in [0.15, 0.2) is 224 Å². The van der Waals surface area contributed by atoms with E-state index in [1.807, 2.05) is 18.2 Å². The molecule has 0 atom stereocenters. The van der Waals surface area contributed by atoms with E-state index in [9.17, 15) is 0 Å². The predicted octanol–water partition coefficient (Wildman–Crippen LogP) is 18.1. The third-order valence-electron chi connectivity index (χ3n) is 13.6. The van der Waals surface area contributed by atoms with Crippen molar-refractivity contribution in [1.29, 1.82) is 0 Å². The highest BCUT2D eigenvalue weighted by molar-refractivity contribution is 6.03. The van der Waals surface area contributed by atoms with E-state index in [0.29, 0.717) is 17.6 Å². The van der Waals surface area contributed by atoms with Gasteiger partial charge >= 0.3 is 0 Å². The summed E-state index contributed by atoms with van der Waals surface area (Å²) in [5.41, 5.74) is 21.0. The fourth-order valence-corrected chi connectivity index (χ4v) is 10.6. The Morgan fingerprint density at radius 2 is 0.736 bits per heavy atom. The normalized spacial score (nSPS) is 11.2. The molecule has 348 valence electrons. The topological polar surface area (TPSA) is 45.2 Å². The van der Waals surface area contributed by atoms with Gasteiger partial charge in [-0.3, -0.25) is 4.90 Å². The smallest absolute Gasteiger partial charge is 0.238 e. The minimum atomic E-state index is 0.496. The van der Waals surface area contributed by atoms with Gasteiger partial charge in [0.1, 0.15) is 0 Å². The van der Waals surface area contributed by atoms with E-state index in [2.05, 4.69) is 258 Å². The van der Waals surface area contributed by atoms with Crippen LogP contribution in [0.1, 0.15) is 33.4 Å². The van der Waals surface area contributed by atoms with E-state index in [4.69, 9.17) is 15.0 Å². The second-order valence-corrected chi connectivity index (χ2v) is 18.9. The number of nitrogens with zero attached hydrogens (tertiary/aromatic N) is 5. The van der Waals surface area contributed by atoms with Gasteiger partial charge in [-0.05, 0) is 151 Å². The molecule has 0 fully saturated rings. The van der Waals surface area contributed by atoms with Gasteiger partial charge in [0.25, 0.3) is 0 Å². The summed E-state index contributed by atoms with van der Waals surface area (Å²) in [5.74, 6) is 1.65. The van der Waals surface area contributed by atoms with Gasteiger partial charge < -0.3 is 4.90 Å². The average molecular weight is 930 g/mol. The van der Waals surface area contributed by atoms with E-state index in [-0.39, 0.29) is 0 Å². The van der Waals surface area contributed by atoms with Gasteiger partial charge in [0.05, 0.1) is 17.1 Å². The zero-order valence-corrected chi connectivity index (χ0v) is 41.6. The first-order chi connectivity index (χ1) is 35.2. The molecule has 0 spiro atoms. The molecule has 0 N–H and O–H groups in total. The first kappa shape index (κ1) is 45.5. The molecule has 10 aromatic carbocycles. The minimum absolute atomic E-state index is 0.496. The lowest BCUT2D eigenvalue weighted by Crippen LogP contribution is -2.17. The van der Waals surface area contributed by atoms with Crippen molar-refractivity contribution in [2.75, 3.05) is 9.80 Å². The largest absolute Gasteiger partial charge is 0.309 e. The fourth-order valence-electron chi connectivity index (χ4n) is 10.6. The lowest BCUT2D eigenvalue weighted by Gasteiger charge is -2.32. The van der Waals surface area contributed by atoms with Gasteiger partial charge in [0.2, 0.25) is 5.95 Å². The van der Waals surface area contributed by atoms with Crippen LogP contribution in [-0.4, -0.2) is 15.0 Å². The lowest BCUT2D eigenvalue weighted by molar-refractivity contribution is 1.02. The van der Waals surface area contributed by atoms with E-state index < -0.39 is 0 Å². The number of aryl methyl sites for hydroxylation is 6. The molecule has 11 aromatic rings. The molecule has 1 aromatic heterocycles. The van der Waals surface area contributed by atoms with Crippen LogP contribution in [0.2, 0.25) is 0 Å². The van der Waals surface area contributed by atoms with Crippen LogP contribution in [0.4, 0.5) is 34.4 Å². The van der Waals surface area contributed by atoms with Crippen molar-refractivity contribution in [3.05, 3.63) is 258 Å². The number of benzene rings is 10. The molecule has 0 radical (unpaired) electrons. The quantitative estimate of drug-likeness (QED) is 0.129. The van der Waals surface area contributed by atoms with Crippen molar-refractivity contribution >= 4 is 45.2 Å². The standard InChI is InChI=1S/C67H55N5/c1-44-37-46(3)63(47(4)38-44)72(64-48(5)39-45(2)40-49(64)6)58-34-32-57(33-35-58)71(59-42-55(50-21-11-7-12-22-50)41-56(43-59)51-23-13-8-14-24-51)67-69-65(54-28-17-10-18-29-54)68-66(70-67)61-36-31-52-25-19-20-30-60(52)62(61)53-26-15-9-16-27-53/h7-43H,1-6H3. The van der Waals surface area contributed by atoms with E-state index in [1.165, 1.54) is 44.8 Å². The summed E-state index contributed by atoms with van der Waals surface area (Å²) in [5, 5.41) is 2.27. The van der Waals surface area contributed by atoms with E-state index in [0.717, 1.165) is 72.3 Å². The first-order valence-electron chi connectivity index (χ1n) is 24.7. The third-order valence-corrected chi connectivity index (χ3v) is 13.6. The Bertz CT molecular complexity index is 3580. The molecule has 5 heteroatoms. The third kappa shape index (κ3) is 8.93. The molecule has 0 saturated carbocycles. The Labute approximate surface area is 423 Å². The van der Waals surface area contributed by atoms with Gasteiger partial charge in [0, 0.05) is 28.1 Å². The monoisotopic (exact) mass is 929 g/mol. The molecule has 0 unspecified atom stereocenters. The molecule has 0 bridgehead atoms. The van der Waals surface area contributed by atoms with Crippen LogP contribution in [0.3, 0.4) is 0 Å². The maximum atomic E-state index is 5.59. The second-order valence-electron chi connectivity index (χ2n) is 18.9. The number of fused-ring (bicyclic) bond motifs is 1. The van der Waals surface area contributed by atoms with E-state index >= 15 is 0 Å². The Kier molecular flexibility index (Phi) is 12.3. The number of hydrogen-bond acceptors (Lipinski definition) is 5. The SMILES string of the molecule is Cc1cc(C)c(N(c2ccc(N(c3cc(-c4ccccc4)cc(-c4ccccc4)c3)c3nc(-c4ccccc4)nc(-c4ccc5ccccc5c4-c4ccccc4)n3)cc2)c2c(C)cc(C)cc2C)c(C)c1. The maximum Gasteiger partial charge on any atom is 0.238 e. The highest BCUT2D eigenvalue weighted by Gasteiger charge is 2.26. The van der Waals surface area contributed by atoms with Crippen LogP contribution in [0.25, 0.3) is 66.9 Å². The number of anilines is 6. The predicted molar refractivity (Wildman–Crippen MR) is 302 cm³/mol. The molecule has 5 nitrogen and oxygen atoms in total. The average Bonchev–Trinajstić information content (AvgIpc) is 3.41. The molecule has 0 aliphatic rings. The molecule has 11 rings (SSSR count). The van der Waals surface area contributed by atoms with Crippen LogP contribution in [0.5, 0.6) is 0 Å².